The van der Waals surface area contributed by atoms with Crippen molar-refractivity contribution in [1.29, 1.82) is 0 Å². The zero-order valence-corrected chi connectivity index (χ0v) is 15.6. The Morgan fingerprint density at radius 2 is 1.85 bits per heavy atom. The lowest BCUT2D eigenvalue weighted by Gasteiger charge is -2.14. The number of unbranched alkanes of at least 4 members (excludes halogenated alkanes) is 3. The van der Waals surface area contributed by atoms with Crippen LogP contribution in [0.15, 0.2) is 33.5 Å². The summed E-state index contributed by atoms with van der Waals surface area (Å²) in [5.74, 6) is 0.578. The first-order valence-corrected chi connectivity index (χ1v) is 9.37. The molecule has 142 valence electrons. The number of benzene rings is 1. The molecule has 26 heavy (non-hydrogen) atoms. The van der Waals surface area contributed by atoms with Crippen molar-refractivity contribution in [3.63, 3.8) is 0 Å². The lowest BCUT2D eigenvalue weighted by Crippen LogP contribution is -2.04. The van der Waals surface area contributed by atoms with Crippen molar-refractivity contribution >= 4 is 16.9 Å². The molecule has 1 heterocycles. The summed E-state index contributed by atoms with van der Waals surface area (Å²) in [5.41, 5.74) is 1.23. The molecule has 0 unspecified atom stereocenters. The second-order valence-electron chi connectivity index (χ2n) is 7.05. The van der Waals surface area contributed by atoms with Crippen LogP contribution in [0.4, 0.5) is 0 Å². The third-order valence-electron chi connectivity index (χ3n) is 4.36. The molecule has 1 aromatic carbocycles. The first-order valence-electron chi connectivity index (χ1n) is 9.37. The molecular formula is C21H28O5. The van der Waals surface area contributed by atoms with E-state index in [-0.39, 0.29) is 12.0 Å². The SMILES string of the molecule is CC(C)CCc1c(OCCCCCCC(=O)O)ccc2ccc(=O)oc12. The monoisotopic (exact) mass is 360 g/mol. The molecule has 2 aromatic rings. The van der Waals surface area contributed by atoms with Gasteiger partial charge in [0, 0.05) is 23.4 Å². The number of aliphatic carboxylic acids is 1. The Morgan fingerprint density at radius 3 is 2.58 bits per heavy atom. The Bertz CT molecular complexity index is 776. The van der Waals surface area contributed by atoms with Gasteiger partial charge in [-0.25, -0.2) is 4.79 Å². The maximum atomic E-state index is 11.6. The van der Waals surface area contributed by atoms with E-state index >= 15 is 0 Å². The minimum absolute atomic E-state index is 0.226. The molecule has 0 bridgehead atoms. The van der Waals surface area contributed by atoms with Gasteiger partial charge in [-0.1, -0.05) is 26.7 Å². The molecule has 0 atom stereocenters. The van der Waals surface area contributed by atoms with E-state index in [1.165, 1.54) is 6.07 Å². The Kier molecular flexibility index (Phi) is 7.70. The van der Waals surface area contributed by atoms with E-state index in [1.807, 2.05) is 12.1 Å². The summed E-state index contributed by atoms with van der Waals surface area (Å²) in [6, 6.07) is 7.08. The largest absolute Gasteiger partial charge is 0.493 e. The lowest BCUT2D eigenvalue weighted by atomic mass is 10.00. The molecule has 5 nitrogen and oxygen atoms in total. The third kappa shape index (κ3) is 6.21. The second-order valence-corrected chi connectivity index (χ2v) is 7.05. The van der Waals surface area contributed by atoms with E-state index in [0.717, 1.165) is 48.8 Å². The highest BCUT2D eigenvalue weighted by atomic mass is 16.5. The molecular weight excluding hydrogens is 332 g/mol. The fourth-order valence-corrected chi connectivity index (χ4v) is 2.89. The lowest BCUT2D eigenvalue weighted by molar-refractivity contribution is -0.137. The Morgan fingerprint density at radius 1 is 1.12 bits per heavy atom. The highest BCUT2D eigenvalue weighted by Gasteiger charge is 2.12. The van der Waals surface area contributed by atoms with Gasteiger partial charge in [-0.05, 0) is 49.8 Å². The summed E-state index contributed by atoms with van der Waals surface area (Å²) in [6.07, 6.45) is 5.43. The first kappa shape index (κ1) is 20.0. The van der Waals surface area contributed by atoms with Crippen LogP contribution in [0.25, 0.3) is 11.0 Å². The van der Waals surface area contributed by atoms with E-state index in [9.17, 15) is 9.59 Å². The van der Waals surface area contributed by atoms with Crippen molar-refractivity contribution in [2.24, 2.45) is 5.92 Å². The molecule has 0 aliphatic carbocycles. The molecule has 0 aliphatic heterocycles. The van der Waals surface area contributed by atoms with Gasteiger partial charge in [0.1, 0.15) is 11.3 Å². The van der Waals surface area contributed by atoms with Crippen LogP contribution in [0.3, 0.4) is 0 Å². The van der Waals surface area contributed by atoms with Crippen molar-refractivity contribution in [2.45, 2.75) is 58.8 Å². The minimum atomic E-state index is -0.742. The predicted molar refractivity (Wildman–Crippen MR) is 102 cm³/mol. The van der Waals surface area contributed by atoms with Crippen LogP contribution in [-0.2, 0) is 11.2 Å². The van der Waals surface area contributed by atoms with Crippen LogP contribution in [0.1, 0.15) is 57.9 Å². The number of fused-ring (bicyclic) bond motifs is 1. The van der Waals surface area contributed by atoms with Crippen LogP contribution in [0, 0.1) is 5.92 Å². The molecule has 0 fully saturated rings. The number of carboxylic acids is 1. The van der Waals surface area contributed by atoms with Gasteiger partial charge in [0.15, 0.2) is 0 Å². The second kappa shape index (κ2) is 10.00. The summed E-state index contributed by atoms with van der Waals surface area (Å²) in [5, 5.41) is 9.54. The summed E-state index contributed by atoms with van der Waals surface area (Å²) < 4.78 is 11.4. The summed E-state index contributed by atoms with van der Waals surface area (Å²) >= 11 is 0. The van der Waals surface area contributed by atoms with Crippen molar-refractivity contribution in [1.82, 2.24) is 0 Å². The van der Waals surface area contributed by atoms with Crippen LogP contribution in [-0.4, -0.2) is 17.7 Å². The Labute approximate surface area is 154 Å². The molecule has 2 rings (SSSR count). The Balaban J connectivity index is 2.02. The zero-order valence-electron chi connectivity index (χ0n) is 15.6. The molecule has 0 radical (unpaired) electrons. The number of hydrogen-bond donors (Lipinski definition) is 1. The summed E-state index contributed by atoms with van der Waals surface area (Å²) in [4.78, 5) is 22.1. The van der Waals surface area contributed by atoms with Crippen LogP contribution in [0.2, 0.25) is 0 Å². The van der Waals surface area contributed by atoms with E-state index in [0.29, 0.717) is 24.5 Å². The van der Waals surface area contributed by atoms with E-state index in [1.54, 1.807) is 6.07 Å². The fourth-order valence-electron chi connectivity index (χ4n) is 2.89. The van der Waals surface area contributed by atoms with Crippen molar-refractivity contribution in [3.8, 4) is 5.75 Å². The molecule has 5 heteroatoms. The molecule has 0 saturated carbocycles. The average Bonchev–Trinajstić information content (AvgIpc) is 2.59. The van der Waals surface area contributed by atoms with Gasteiger partial charge in [-0.2, -0.15) is 0 Å². The number of hydrogen-bond acceptors (Lipinski definition) is 4. The van der Waals surface area contributed by atoms with Gasteiger partial charge in [-0.3, -0.25) is 4.79 Å². The highest BCUT2D eigenvalue weighted by molar-refractivity contribution is 5.82. The molecule has 0 saturated heterocycles. The minimum Gasteiger partial charge on any atom is -0.493 e. The van der Waals surface area contributed by atoms with Crippen molar-refractivity contribution in [3.05, 3.63) is 40.2 Å². The molecule has 0 amide bonds. The molecule has 0 aliphatic rings. The quantitative estimate of drug-likeness (QED) is 0.460. The summed E-state index contributed by atoms with van der Waals surface area (Å²) in [6.45, 7) is 4.90. The maximum Gasteiger partial charge on any atom is 0.336 e. The number of ether oxygens (including phenoxy) is 1. The van der Waals surface area contributed by atoms with E-state index in [2.05, 4.69) is 13.8 Å². The summed E-state index contributed by atoms with van der Waals surface area (Å²) in [7, 11) is 0. The average molecular weight is 360 g/mol. The molecule has 1 aromatic heterocycles. The van der Waals surface area contributed by atoms with Gasteiger partial charge < -0.3 is 14.3 Å². The van der Waals surface area contributed by atoms with Gasteiger partial charge in [-0.15, -0.1) is 0 Å². The van der Waals surface area contributed by atoms with Crippen molar-refractivity contribution in [2.75, 3.05) is 6.61 Å². The number of carbonyl (C=O) groups is 1. The van der Waals surface area contributed by atoms with E-state index < -0.39 is 5.97 Å². The Hall–Kier alpha value is -2.30. The number of aryl methyl sites for hydroxylation is 1. The van der Waals surface area contributed by atoms with Crippen LogP contribution < -0.4 is 10.4 Å². The molecule has 1 N–H and O–H groups in total. The van der Waals surface area contributed by atoms with Gasteiger partial charge in [0.2, 0.25) is 0 Å². The number of rotatable bonds is 11. The first-order chi connectivity index (χ1) is 12.5. The zero-order chi connectivity index (χ0) is 18.9. The number of carboxylic acid groups (broad SMARTS) is 1. The predicted octanol–water partition coefficient (Wildman–Crippen LogP) is 4.80. The standard InChI is InChI=1S/C21H28O5/c1-15(2)8-11-17-18(25-14-6-4-3-5-7-19(22)23)12-9-16-10-13-20(24)26-21(16)17/h9-10,12-13,15H,3-8,11,14H2,1-2H3,(H,22,23). The van der Waals surface area contributed by atoms with Crippen LogP contribution in [0.5, 0.6) is 5.75 Å². The van der Waals surface area contributed by atoms with Gasteiger partial charge >= 0.3 is 11.6 Å². The highest BCUT2D eigenvalue weighted by Crippen LogP contribution is 2.29. The normalized spacial score (nSPS) is 11.2. The van der Waals surface area contributed by atoms with Gasteiger partial charge in [0.25, 0.3) is 0 Å². The van der Waals surface area contributed by atoms with Crippen LogP contribution >= 0.6 is 0 Å². The van der Waals surface area contributed by atoms with Crippen molar-refractivity contribution < 1.29 is 19.1 Å². The third-order valence-corrected chi connectivity index (χ3v) is 4.36. The topological polar surface area (TPSA) is 76.7 Å². The van der Waals surface area contributed by atoms with E-state index in [4.69, 9.17) is 14.3 Å². The molecule has 0 spiro atoms. The van der Waals surface area contributed by atoms with Gasteiger partial charge in [0.05, 0.1) is 6.61 Å². The maximum absolute atomic E-state index is 11.6. The fraction of sp³-hybridized carbons (Fsp3) is 0.524. The smallest absolute Gasteiger partial charge is 0.336 e.